The number of hydrazine groups is 1. The van der Waals surface area contributed by atoms with Crippen molar-refractivity contribution in [3.8, 4) is 0 Å². The molecule has 0 aliphatic carbocycles. The van der Waals surface area contributed by atoms with Crippen molar-refractivity contribution in [1.82, 2.24) is 10.0 Å². The van der Waals surface area contributed by atoms with E-state index >= 15 is 0 Å². The summed E-state index contributed by atoms with van der Waals surface area (Å²) in [5.41, 5.74) is 6.31. The Labute approximate surface area is 140 Å². The number of nitrogens with two attached hydrogens (primary N) is 1. The molecule has 1 saturated heterocycles. The summed E-state index contributed by atoms with van der Waals surface area (Å²) < 4.78 is 14.4. The monoisotopic (exact) mass is 340 g/mol. The average Bonchev–Trinajstić information content (AvgIpc) is 2.76. The summed E-state index contributed by atoms with van der Waals surface area (Å²) in [5, 5.41) is 6.36. The predicted molar refractivity (Wildman–Crippen MR) is 91.6 cm³/mol. The average molecular weight is 341 g/mol. The van der Waals surface area contributed by atoms with E-state index in [0.29, 0.717) is 25.3 Å². The van der Waals surface area contributed by atoms with Crippen molar-refractivity contribution in [3.63, 3.8) is 0 Å². The first-order valence-corrected chi connectivity index (χ1v) is 8.05. The van der Waals surface area contributed by atoms with Gasteiger partial charge in [0.1, 0.15) is 11.3 Å². The first-order valence-electron chi connectivity index (χ1n) is 7.61. The number of rotatable bonds is 6. The van der Waals surface area contributed by atoms with Gasteiger partial charge in [0.15, 0.2) is 0 Å². The summed E-state index contributed by atoms with van der Waals surface area (Å²) in [6, 6.07) is 2.79. The standard InChI is InChI=1S/C16H22ClFN4O/c1-4-7-20-13-8-10(11(18)9-12(13)19)14-15(17)21(5-2)22(6-3)16(14)23/h4,8-9,14-15,20H,1,5-7,19H2,2-3H3. The number of hydrogen-bond donors (Lipinski definition) is 2. The van der Waals surface area contributed by atoms with Gasteiger partial charge < -0.3 is 11.1 Å². The highest BCUT2D eigenvalue weighted by molar-refractivity contribution is 6.23. The minimum Gasteiger partial charge on any atom is -0.397 e. The molecule has 126 valence electrons. The van der Waals surface area contributed by atoms with E-state index in [1.807, 2.05) is 13.8 Å². The van der Waals surface area contributed by atoms with Crippen LogP contribution in [0.5, 0.6) is 0 Å². The normalized spacial score (nSPS) is 21.7. The lowest BCUT2D eigenvalue weighted by molar-refractivity contribution is -0.138. The maximum atomic E-state index is 14.4. The first-order chi connectivity index (χ1) is 11.0. The molecule has 0 aromatic heterocycles. The minimum absolute atomic E-state index is 0.201. The number of nitrogen functional groups attached to an aromatic ring is 1. The fraction of sp³-hybridized carbons (Fsp3) is 0.438. The molecule has 2 rings (SSSR count). The molecule has 23 heavy (non-hydrogen) atoms. The van der Waals surface area contributed by atoms with Crippen molar-refractivity contribution < 1.29 is 9.18 Å². The van der Waals surface area contributed by atoms with E-state index in [2.05, 4.69) is 11.9 Å². The van der Waals surface area contributed by atoms with Gasteiger partial charge >= 0.3 is 0 Å². The van der Waals surface area contributed by atoms with Gasteiger partial charge in [0, 0.05) is 25.2 Å². The minimum atomic E-state index is -0.763. The van der Waals surface area contributed by atoms with E-state index in [9.17, 15) is 9.18 Å². The SMILES string of the molecule is C=CCNc1cc(C2C(=O)N(CC)N(CC)C2Cl)c(F)cc1N. The largest absolute Gasteiger partial charge is 0.397 e. The Morgan fingerprint density at radius 2 is 2.13 bits per heavy atom. The molecule has 7 heteroatoms. The van der Waals surface area contributed by atoms with E-state index in [4.69, 9.17) is 17.3 Å². The summed E-state index contributed by atoms with van der Waals surface area (Å²) in [4.78, 5) is 12.6. The molecule has 1 fully saturated rings. The number of amides is 1. The van der Waals surface area contributed by atoms with E-state index in [0.717, 1.165) is 0 Å². The third kappa shape index (κ3) is 3.14. The van der Waals surface area contributed by atoms with Crippen molar-refractivity contribution in [2.45, 2.75) is 25.3 Å². The number of anilines is 2. The number of nitrogens with one attached hydrogen (secondary N) is 1. The first kappa shape index (κ1) is 17.6. The van der Waals surface area contributed by atoms with Crippen LogP contribution in [-0.4, -0.2) is 41.1 Å². The molecule has 3 N–H and O–H groups in total. The van der Waals surface area contributed by atoms with Crippen LogP contribution in [0.2, 0.25) is 0 Å². The Hall–Kier alpha value is -1.79. The van der Waals surface area contributed by atoms with Gasteiger partial charge in [-0.1, -0.05) is 13.0 Å². The Kier molecular flexibility index (Phi) is 5.49. The zero-order valence-corrected chi connectivity index (χ0v) is 14.1. The Balaban J connectivity index is 2.44. The number of carbonyl (C=O) groups is 1. The molecule has 1 aliphatic rings. The Morgan fingerprint density at radius 1 is 1.43 bits per heavy atom. The number of halogens is 2. The van der Waals surface area contributed by atoms with Gasteiger partial charge in [-0.15, -0.1) is 18.2 Å². The van der Waals surface area contributed by atoms with Crippen LogP contribution < -0.4 is 11.1 Å². The van der Waals surface area contributed by atoms with Crippen molar-refractivity contribution in [2.24, 2.45) is 0 Å². The highest BCUT2D eigenvalue weighted by atomic mass is 35.5. The van der Waals surface area contributed by atoms with Crippen LogP contribution in [0.1, 0.15) is 25.3 Å². The number of carbonyl (C=O) groups excluding carboxylic acids is 1. The zero-order valence-electron chi connectivity index (χ0n) is 13.4. The molecule has 2 atom stereocenters. The van der Waals surface area contributed by atoms with Gasteiger partial charge in [0.05, 0.1) is 17.3 Å². The second kappa shape index (κ2) is 7.19. The van der Waals surface area contributed by atoms with Gasteiger partial charge in [-0.05, 0) is 19.1 Å². The van der Waals surface area contributed by atoms with Crippen LogP contribution in [0.25, 0.3) is 0 Å². The number of nitrogens with zero attached hydrogens (tertiary/aromatic N) is 2. The van der Waals surface area contributed by atoms with Crippen LogP contribution in [0.3, 0.4) is 0 Å². The Bertz CT molecular complexity index is 610. The number of hydrogen-bond acceptors (Lipinski definition) is 4. The van der Waals surface area contributed by atoms with Crippen molar-refractivity contribution >= 4 is 28.9 Å². The van der Waals surface area contributed by atoms with Gasteiger partial charge in [0.2, 0.25) is 5.91 Å². The molecular weight excluding hydrogens is 319 g/mol. The molecular formula is C16H22ClFN4O. The zero-order chi connectivity index (χ0) is 17.1. The highest BCUT2D eigenvalue weighted by Crippen LogP contribution is 2.39. The van der Waals surface area contributed by atoms with Crippen LogP contribution >= 0.6 is 11.6 Å². The molecule has 0 bridgehead atoms. The Morgan fingerprint density at radius 3 is 2.65 bits per heavy atom. The second-order valence-corrected chi connectivity index (χ2v) is 5.74. The summed E-state index contributed by atoms with van der Waals surface area (Å²) in [6.45, 7) is 8.94. The van der Waals surface area contributed by atoms with Crippen molar-refractivity contribution in [3.05, 3.63) is 36.2 Å². The predicted octanol–water partition coefficient (Wildman–Crippen LogP) is 2.75. The summed E-state index contributed by atoms with van der Waals surface area (Å²) in [6.07, 6.45) is 1.67. The molecule has 1 amide bonds. The van der Waals surface area contributed by atoms with Crippen LogP contribution in [0.15, 0.2) is 24.8 Å². The summed E-state index contributed by atoms with van der Waals surface area (Å²) in [7, 11) is 0. The number of alkyl halides is 1. The lowest BCUT2D eigenvalue weighted by Crippen LogP contribution is -2.40. The molecule has 1 heterocycles. The lowest BCUT2D eigenvalue weighted by atomic mass is 9.97. The van der Waals surface area contributed by atoms with Crippen LogP contribution in [-0.2, 0) is 4.79 Å². The highest BCUT2D eigenvalue weighted by Gasteiger charge is 2.46. The van der Waals surface area contributed by atoms with Gasteiger partial charge in [-0.2, -0.15) is 5.01 Å². The van der Waals surface area contributed by atoms with Gasteiger partial charge in [-0.25, -0.2) is 4.39 Å². The van der Waals surface area contributed by atoms with E-state index < -0.39 is 17.2 Å². The molecule has 1 aromatic carbocycles. The van der Waals surface area contributed by atoms with Gasteiger partial charge in [0.25, 0.3) is 0 Å². The molecule has 2 unspecified atom stereocenters. The molecule has 0 radical (unpaired) electrons. The third-order valence-corrected chi connectivity index (χ3v) is 4.43. The lowest BCUT2D eigenvalue weighted by Gasteiger charge is -2.27. The van der Waals surface area contributed by atoms with Crippen molar-refractivity contribution in [2.75, 3.05) is 30.7 Å². The molecule has 5 nitrogen and oxygen atoms in total. The van der Waals surface area contributed by atoms with Crippen molar-refractivity contribution in [1.29, 1.82) is 0 Å². The van der Waals surface area contributed by atoms with E-state index in [1.165, 1.54) is 6.07 Å². The second-order valence-electron chi connectivity index (χ2n) is 5.29. The number of likely N-dealkylation sites (N-methyl/N-ethyl adjacent to an activating group) is 2. The molecule has 0 spiro atoms. The topological polar surface area (TPSA) is 61.6 Å². The maximum absolute atomic E-state index is 14.4. The third-order valence-electron chi connectivity index (χ3n) is 3.95. The molecule has 1 aromatic rings. The summed E-state index contributed by atoms with van der Waals surface area (Å²) >= 11 is 6.44. The molecule has 0 saturated carbocycles. The maximum Gasteiger partial charge on any atom is 0.247 e. The van der Waals surface area contributed by atoms with Gasteiger partial charge in [-0.3, -0.25) is 9.80 Å². The van der Waals surface area contributed by atoms with E-state index in [1.54, 1.807) is 22.2 Å². The van der Waals surface area contributed by atoms with Crippen LogP contribution in [0, 0.1) is 5.82 Å². The quantitative estimate of drug-likeness (QED) is 0.362. The fourth-order valence-corrected chi connectivity index (χ4v) is 3.34. The van der Waals surface area contributed by atoms with Crippen LogP contribution in [0.4, 0.5) is 15.8 Å². The smallest absolute Gasteiger partial charge is 0.247 e. The van der Waals surface area contributed by atoms with E-state index in [-0.39, 0.29) is 17.2 Å². The summed E-state index contributed by atoms with van der Waals surface area (Å²) in [5.74, 6) is -1.49. The fourth-order valence-electron chi connectivity index (χ4n) is 2.85. The molecule has 1 aliphatic heterocycles. The number of benzene rings is 1.